The Labute approximate surface area is 198 Å². The van der Waals surface area contributed by atoms with Gasteiger partial charge in [-0.1, -0.05) is 23.8 Å². The van der Waals surface area contributed by atoms with Crippen LogP contribution in [0, 0.1) is 5.92 Å². The van der Waals surface area contributed by atoms with E-state index in [-0.39, 0.29) is 5.91 Å². The number of allylic oxidation sites excluding steroid dienone is 8. The third kappa shape index (κ3) is 7.50. The number of nitrogens with zero attached hydrogens (tertiary/aromatic N) is 1. The van der Waals surface area contributed by atoms with Gasteiger partial charge in [-0.2, -0.15) is 0 Å². The Morgan fingerprint density at radius 1 is 1.21 bits per heavy atom. The van der Waals surface area contributed by atoms with Crippen LogP contribution in [0.5, 0.6) is 5.75 Å². The van der Waals surface area contributed by atoms with Crippen LogP contribution in [0.4, 0.5) is 0 Å². The molecule has 1 aromatic rings. The third-order valence-electron chi connectivity index (χ3n) is 6.10. The summed E-state index contributed by atoms with van der Waals surface area (Å²) >= 11 is 0. The largest absolute Gasteiger partial charge is 0.497 e. The van der Waals surface area contributed by atoms with Crippen LogP contribution in [0.25, 0.3) is 0 Å². The molecule has 176 valence electrons. The normalized spacial score (nSPS) is 20.2. The van der Waals surface area contributed by atoms with E-state index in [4.69, 9.17) is 9.47 Å². The minimum absolute atomic E-state index is 0.138. The molecule has 1 saturated heterocycles. The van der Waals surface area contributed by atoms with Gasteiger partial charge >= 0.3 is 0 Å². The first-order valence-corrected chi connectivity index (χ1v) is 11.7. The van der Waals surface area contributed by atoms with Crippen molar-refractivity contribution in [1.29, 1.82) is 0 Å². The van der Waals surface area contributed by atoms with Crippen molar-refractivity contribution in [3.05, 3.63) is 89.9 Å². The number of ether oxygens (including phenoxy) is 2. The van der Waals surface area contributed by atoms with Crippen LogP contribution in [0.3, 0.4) is 0 Å². The Morgan fingerprint density at radius 2 is 1.94 bits per heavy atom. The van der Waals surface area contributed by atoms with Gasteiger partial charge in [0.2, 0.25) is 0 Å². The van der Waals surface area contributed by atoms with E-state index in [9.17, 15) is 4.79 Å². The number of carbonyl (C=O) groups excluding carboxylic acids is 1. The van der Waals surface area contributed by atoms with Crippen molar-refractivity contribution in [3.8, 4) is 5.75 Å². The molecule has 0 saturated carbocycles. The summed E-state index contributed by atoms with van der Waals surface area (Å²) in [5.41, 5.74) is 2.64. The standard InChI is InChI=1S/C28H36N2O3/c1-5-6-22(8-7-21(2)29-28(31)24-11-13-25(32-4)14-12-24)23-9-15-26(16-10-23)33-27-17-19-30(3)20-18-27/h5,7-9,11-16,23,27H,1,6,10,17-20H2,2-4H3,(H,29,31)/b21-7+,22-8+. The van der Waals surface area contributed by atoms with Crippen LogP contribution < -0.4 is 10.1 Å². The zero-order valence-electron chi connectivity index (χ0n) is 20.0. The second-order valence-electron chi connectivity index (χ2n) is 8.69. The number of amides is 1. The Hall–Kier alpha value is -3.05. The number of likely N-dealkylation sites (tertiary alicyclic amines) is 1. The monoisotopic (exact) mass is 448 g/mol. The lowest BCUT2D eigenvalue weighted by Crippen LogP contribution is -2.34. The summed E-state index contributed by atoms with van der Waals surface area (Å²) in [5, 5.41) is 2.95. The van der Waals surface area contributed by atoms with Crippen LogP contribution in [0.1, 0.15) is 43.0 Å². The number of piperidine rings is 1. The predicted octanol–water partition coefficient (Wildman–Crippen LogP) is 5.40. The molecule has 1 unspecified atom stereocenters. The summed E-state index contributed by atoms with van der Waals surface area (Å²) in [7, 11) is 3.77. The summed E-state index contributed by atoms with van der Waals surface area (Å²) in [6, 6.07) is 7.07. The molecular weight excluding hydrogens is 412 g/mol. The minimum atomic E-state index is -0.138. The highest BCUT2D eigenvalue weighted by Gasteiger charge is 2.20. The summed E-state index contributed by atoms with van der Waals surface area (Å²) < 4.78 is 11.4. The van der Waals surface area contributed by atoms with Crippen LogP contribution in [-0.4, -0.2) is 44.2 Å². The van der Waals surface area contributed by atoms with Crippen LogP contribution in [-0.2, 0) is 4.74 Å². The van der Waals surface area contributed by atoms with Gasteiger partial charge in [0.05, 0.1) is 7.11 Å². The highest BCUT2D eigenvalue weighted by atomic mass is 16.5. The van der Waals surface area contributed by atoms with E-state index in [1.54, 1.807) is 31.4 Å². The molecule has 5 nitrogen and oxygen atoms in total. The van der Waals surface area contributed by atoms with Crippen molar-refractivity contribution in [2.24, 2.45) is 5.92 Å². The Bertz CT molecular complexity index is 932. The highest BCUT2D eigenvalue weighted by molar-refractivity contribution is 5.95. The molecule has 2 aliphatic rings. The van der Waals surface area contributed by atoms with Crippen molar-refractivity contribution < 1.29 is 14.3 Å². The molecule has 1 fully saturated rings. The van der Waals surface area contributed by atoms with Crippen molar-refractivity contribution in [2.45, 2.75) is 38.7 Å². The van der Waals surface area contributed by atoms with E-state index in [0.29, 0.717) is 17.6 Å². The summed E-state index contributed by atoms with van der Waals surface area (Å²) in [6.45, 7) is 8.00. The lowest BCUT2D eigenvalue weighted by molar-refractivity contribution is 0.0631. The summed E-state index contributed by atoms with van der Waals surface area (Å²) in [4.78, 5) is 14.8. The fourth-order valence-corrected chi connectivity index (χ4v) is 4.04. The first-order valence-electron chi connectivity index (χ1n) is 11.7. The topological polar surface area (TPSA) is 50.8 Å². The lowest BCUT2D eigenvalue weighted by Gasteiger charge is -2.30. The Morgan fingerprint density at radius 3 is 2.55 bits per heavy atom. The number of carbonyl (C=O) groups is 1. The number of benzene rings is 1. The van der Waals surface area contributed by atoms with Gasteiger partial charge in [-0.05, 0) is 82.1 Å². The van der Waals surface area contributed by atoms with Gasteiger partial charge in [0, 0.05) is 30.3 Å². The van der Waals surface area contributed by atoms with Crippen LogP contribution in [0.2, 0.25) is 0 Å². The van der Waals surface area contributed by atoms with E-state index >= 15 is 0 Å². The van der Waals surface area contributed by atoms with Crippen molar-refractivity contribution in [1.82, 2.24) is 10.2 Å². The average Bonchev–Trinajstić information content (AvgIpc) is 2.84. The average molecular weight is 449 g/mol. The number of methoxy groups -OCH3 is 1. The Balaban J connectivity index is 1.57. The van der Waals surface area contributed by atoms with E-state index in [1.165, 1.54) is 5.57 Å². The maximum atomic E-state index is 12.5. The van der Waals surface area contributed by atoms with Gasteiger partial charge in [0.1, 0.15) is 17.6 Å². The Kier molecular flexibility index (Phi) is 9.14. The molecule has 0 aromatic heterocycles. The molecule has 1 N–H and O–H groups in total. The minimum Gasteiger partial charge on any atom is -0.497 e. The van der Waals surface area contributed by atoms with Crippen molar-refractivity contribution in [2.75, 3.05) is 27.2 Å². The molecule has 0 spiro atoms. The second kappa shape index (κ2) is 12.3. The lowest BCUT2D eigenvalue weighted by atomic mass is 9.89. The number of nitrogens with one attached hydrogen (secondary N) is 1. The molecule has 33 heavy (non-hydrogen) atoms. The summed E-state index contributed by atoms with van der Waals surface area (Å²) in [5.74, 6) is 1.87. The number of hydrogen-bond acceptors (Lipinski definition) is 4. The third-order valence-corrected chi connectivity index (χ3v) is 6.10. The zero-order chi connectivity index (χ0) is 23.6. The number of rotatable bonds is 9. The van der Waals surface area contributed by atoms with Gasteiger partial charge in [-0.3, -0.25) is 4.79 Å². The van der Waals surface area contributed by atoms with Gasteiger partial charge in [-0.25, -0.2) is 0 Å². The first kappa shape index (κ1) is 24.6. The van der Waals surface area contributed by atoms with E-state index in [1.807, 2.05) is 19.1 Å². The summed E-state index contributed by atoms with van der Waals surface area (Å²) in [6.07, 6.45) is 16.7. The second-order valence-corrected chi connectivity index (χ2v) is 8.69. The van der Waals surface area contributed by atoms with Gasteiger partial charge in [0.25, 0.3) is 5.91 Å². The molecular formula is C28H36N2O3. The van der Waals surface area contributed by atoms with Crippen LogP contribution in [0.15, 0.2) is 84.3 Å². The van der Waals surface area contributed by atoms with E-state index in [0.717, 1.165) is 56.0 Å². The molecule has 1 atom stereocenters. The molecule has 1 heterocycles. The van der Waals surface area contributed by atoms with E-state index < -0.39 is 0 Å². The molecule has 1 aliphatic carbocycles. The quantitative estimate of drug-likeness (QED) is 0.406. The van der Waals surface area contributed by atoms with Crippen LogP contribution >= 0.6 is 0 Å². The zero-order valence-corrected chi connectivity index (χ0v) is 20.0. The van der Waals surface area contributed by atoms with Crippen molar-refractivity contribution >= 4 is 5.91 Å². The maximum absolute atomic E-state index is 12.5. The molecule has 0 radical (unpaired) electrons. The van der Waals surface area contributed by atoms with E-state index in [2.05, 4.69) is 48.1 Å². The predicted molar refractivity (Wildman–Crippen MR) is 134 cm³/mol. The molecule has 1 aromatic carbocycles. The molecule has 5 heteroatoms. The molecule has 1 aliphatic heterocycles. The molecule has 0 bridgehead atoms. The van der Waals surface area contributed by atoms with Gasteiger partial charge in [0.15, 0.2) is 0 Å². The number of hydrogen-bond donors (Lipinski definition) is 1. The molecule has 1 amide bonds. The van der Waals surface area contributed by atoms with Crippen molar-refractivity contribution in [3.63, 3.8) is 0 Å². The highest BCUT2D eigenvalue weighted by Crippen LogP contribution is 2.28. The van der Waals surface area contributed by atoms with Gasteiger partial charge < -0.3 is 19.7 Å². The fraction of sp³-hybridized carbons (Fsp3) is 0.393. The smallest absolute Gasteiger partial charge is 0.255 e. The SMILES string of the molecule is C=CC/C(=C\C=C(/C)NC(=O)c1ccc(OC)cc1)C1C=CC(OC2CCN(C)CC2)=CC1. The van der Waals surface area contributed by atoms with Gasteiger partial charge in [-0.15, -0.1) is 6.58 Å². The first-order chi connectivity index (χ1) is 16.0. The molecule has 3 rings (SSSR count). The fourth-order valence-electron chi connectivity index (χ4n) is 4.04. The maximum Gasteiger partial charge on any atom is 0.255 e.